The largest absolute Gasteiger partial charge is 0.461 e. The molecule has 17 heavy (non-hydrogen) atoms. The van der Waals surface area contributed by atoms with Gasteiger partial charge in [0.2, 0.25) is 5.78 Å². The second-order valence-corrected chi connectivity index (χ2v) is 3.32. The molecule has 0 bridgehead atoms. The van der Waals surface area contributed by atoms with Crippen LogP contribution < -0.4 is 5.73 Å². The fraction of sp³-hybridized carbons (Fsp3) is 0.500. The van der Waals surface area contributed by atoms with Crippen LogP contribution in [0.1, 0.15) is 5.69 Å². The van der Waals surface area contributed by atoms with Crippen LogP contribution in [0.3, 0.4) is 0 Å². The number of Topliss-reactive ketones (excluding diaryl/α,β-unsaturated/α-hetero) is 1. The molecule has 1 heterocycles. The van der Waals surface area contributed by atoms with E-state index in [2.05, 4.69) is 9.97 Å². The van der Waals surface area contributed by atoms with E-state index in [1.54, 1.807) is 0 Å². The first-order valence-electron chi connectivity index (χ1n) is 4.38. The van der Waals surface area contributed by atoms with Crippen LogP contribution in [0, 0.1) is 0 Å². The minimum Gasteiger partial charge on any atom is -0.348 e. The van der Waals surface area contributed by atoms with Crippen molar-refractivity contribution in [1.29, 1.82) is 0 Å². The number of nitrogens with zero attached hydrogens (tertiary/aromatic N) is 1. The maximum absolute atomic E-state index is 12.6. The third-order valence-electron chi connectivity index (χ3n) is 2.00. The number of rotatable bonds is 4. The van der Waals surface area contributed by atoms with Crippen LogP contribution in [0.4, 0.5) is 22.0 Å². The average molecular weight is 257 g/mol. The third kappa shape index (κ3) is 2.78. The van der Waals surface area contributed by atoms with E-state index >= 15 is 0 Å². The van der Waals surface area contributed by atoms with Crippen LogP contribution >= 0.6 is 0 Å². The molecule has 1 aromatic heterocycles. The number of aromatic nitrogens is 2. The van der Waals surface area contributed by atoms with Gasteiger partial charge in [-0.15, -0.1) is 0 Å². The predicted octanol–water partition coefficient (Wildman–Crippen LogP) is 1.05. The molecule has 1 aromatic rings. The van der Waals surface area contributed by atoms with Crippen LogP contribution in [-0.4, -0.2) is 33.9 Å². The Hall–Kier alpha value is -1.51. The Labute approximate surface area is 92.0 Å². The molecule has 1 rings (SSSR count). The number of H-pyrrole nitrogens is 1. The molecular weight excluding hydrogens is 249 g/mol. The van der Waals surface area contributed by atoms with Gasteiger partial charge in [-0.05, 0) is 0 Å². The highest BCUT2D eigenvalue weighted by Gasteiger charge is 2.63. The topological polar surface area (TPSA) is 71.8 Å². The zero-order chi connectivity index (χ0) is 13.3. The van der Waals surface area contributed by atoms with Gasteiger partial charge in [-0.3, -0.25) is 4.79 Å². The van der Waals surface area contributed by atoms with Crippen molar-refractivity contribution in [3.63, 3.8) is 0 Å². The van der Waals surface area contributed by atoms with Gasteiger partial charge in [0, 0.05) is 18.3 Å². The molecule has 3 N–H and O–H groups in total. The second kappa shape index (κ2) is 4.40. The van der Waals surface area contributed by atoms with Gasteiger partial charge in [-0.25, -0.2) is 4.98 Å². The summed E-state index contributed by atoms with van der Waals surface area (Å²) >= 11 is 0. The Bertz CT molecular complexity index is 386. The zero-order valence-corrected chi connectivity index (χ0v) is 8.26. The van der Waals surface area contributed by atoms with Crippen molar-refractivity contribution in [1.82, 2.24) is 9.97 Å². The summed E-state index contributed by atoms with van der Waals surface area (Å²) in [5, 5.41) is 0. The fourth-order valence-corrected chi connectivity index (χ4v) is 1.10. The molecular formula is C8H8F5N3O. The van der Waals surface area contributed by atoms with Gasteiger partial charge in [0.05, 0.1) is 12.4 Å². The Morgan fingerprint density at radius 3 is 2.41 bits per heavy atom. The van der Waals surface area contributed by atoms with Crippen molar-refractivity contribution >= 4 is 5.78 Å². The third-order valence-corrected chi connectivity index (χ3v) is 2.00. The van der Waals surface area contributed by atoms with Crippen molar-refractivity contribution in [3.05, 3.63) is 18.2 Å². The Morgan fingerprint density at radius 1 is 1.41 bits per heavy atom. The SMILES string of the molecule is N[C@@H](Cc1cnc[nH]1)C(=O)C(F)(F)C(F)(F)F. The van der Waals surface area contributed by atoms with Crippen LogP contribution in [0.5, 0.6) is 0 Å². The van der Waals surface area contributed by atoms with Gasteiger partial charge in [-0.2, -0.15) is 22.0 Å². The molecule has 0 unspecified atom stereocenters. The Kier molecular flexibility index (Phi) is 3.51. The van der Waals surface area contributed by atoms with Crippen molar-refractivity contribution in [3.8, 4) is 0 Å². The van der Waals surface area contributed by atoms with Gasteiger partial charge >= 0.3 is 12.1 Å². The standard InChI is InChI=1S/C8H8F5N3O/c9-7(10,8(11,12)13)6(17)5(14)1-4-2-15-3-16-4/h2-3,5H,1,14H2,(H,15,16)/t5-/m0/s1. The monoisotopic (exact) mass is 257 g/mol. The quantitative estimate of drug-likeness (QED) is 0.792. The average Bonchev–Trinajstić information content (AvgIpc) is 2.67. The minimum atomic E-state index is -5.93. The summed E-state index contributed by atoms with van der Waals surface area (Å²) in [6.45, 7) is 0. The molecule has 0 fully saturated rings. The van der Waals surface area contributed by atoms with Crippen molar-refractivity contribution in [2.24, 2.45) is 5.73 Å². The van der Waals surface area contributed by atoms with Gasteiger partial charge in [0.15, 0.2) is 0 Å². The number of carbonyl (C=O) groups excluding carboxylic acids is 1. The van der Waals surface area contributed by atoms with Crippen LogP contribution in [0.25, 0.3) is 0 Å². The molecule has 0 aliphatic rings. The fourth-order valence-electron chi connectivity index (χ4n) is 1.10. The van der Waals surface area contributed by atoms with Crippen LogP contribution in [0.15, 0.2) is 12.5 Å². The normalized spacial score (nSPS) is 14.7. The van der Waals surface area contributed by atoms with E-state index in [-0.39, 0.29) is 5.69 Å². The molecule has 0 aliphatic carbocycles. The predicted molar refractivity (Wildman–Crippen MR) is 46.3 cm³/mol. The van der Waals surface area contributed by atoms with E-state index in [1.807, 2.05) is 0 Å². The first kappa shape index (κ1) is 13.6. The van der Waals surface area contributed by atoms with Gasteiger partial charge < -0.3 is 10.7 Å². The number of alkyl halides is 5. The number of imidazole rings is 1. The minimum absolute atomic E-state index is 0.198. The molecule has 0 aromatic carbocycles. The molecule has 1 atom stereocenters. The lowest BCUT2D eigenvalue weighted by Gasteiger charge is -2.21. The van der Waals surface area contributed by atoms with Crippen molar-refractivity contribution < 1.29 is 26.7 Å². The summed E-state index contributed by atoms with van der Waals surface area (Å²) < 4.78 is 60.9. The molecule has 0 radical (unpaired) electrons. The summed E-state index contributed by atoms with van der Waals surface area (Å²) in [4.78, 5) is 16.9. The number of aromatic amines is 1. The van der Waals surface area contributed by atoms with E-state index in [0.717, 1.165) is 0 Å². The lowest BCUT2D eigenvalue weighted by Crippen LogP contribution is -2.52. The summed E-state index contributed by atoms with van der Waals surface area (Å²) in [6, 6.07) is -1.95. The maximum Gasteiger partial charge on any atom is 0.461 e. The molecule has 0 aliphatic heterocycles. The maximum atomic E-state index is 12.6. The molecule has 0 amide bonds. The van der Waals surface area contributed by atoms with E-state index < -0.39 is 30.3 Å². The Balaban J connectivity index is 2.76. The van der Waals surface area contributed by atoms with E-state index in [9.17, 15) is 26.7 Å². The summed E-state index contributed by atoms with van der Waals surface area (Å²) in [5.41, 5.74) is 5.21. The second-order valence-electron chi connectivity index (χ2n) is 3.32. The molecule has 0 saturated heterocycles. The summed E-state index contributed by atoms with van der Waals surface area (Å²) in [6.07, 6.45) is -4.03. The number of nitrogens with two attached hydrogens (primary N) is 1. The first-order chi connectivity index (χ1) is 7.66. The lowest BCUT2D eigenvalue weighted by molar-refractivity contribution is -0.269. The van der Waals surface area contributed by atoms with Crippen molar-refractivity contribution in [2.75, 3.05) is 0 Å². The number of nitrogens with one attached hydrogen (secondary N) is 1. The highest BCUT2D eigenvalue weighted by molar-refractivity contribution is 5.91. The smallest absolute Gasteiger partial charge is 0.348 e. The summed E-state index contributed by atoms with van der Waals surface area (Å²) in [7, 11) is 0. The highest BCUT2D eigenvalue weighted by Crippen LogP contribution is 2.36. The molecule has 0 spiro atoms. The number of ketones is 1. The molecule has 96 valence electrons. The van der Waals surface area contributed by atoms with E-state index in [0.29, 0.717) is 0 Å². The summed E-state index contributed by atoms with van der Waals surface area (Å²) in [5.74, 6) is -7.80. The van der Waals surface area contributed by atoms with Gasteiger partial charge in [0.1, 0.15) is 0 Å². The highest BCUT2D eigenvalue weighted by atomic mass is 19.4. The van der Waals surface area contributed by atoms with E-state index in [1.165, 1.54) is 12.5 Å². The molecule has 0 saturated carbocycles. The number of hydrogen-bond donors (Lipinski definition) is 2. The van der Waals surface area contributed by atoms with Gasteiger partial charge in [0.25, 0.3) is 0 Å². The number of halogens is 5. The first-order valence-corrected chi connectivity index (χ1v) is 4.38. The Morgan fingerprint density at radius 2 is 2.00 bits per heavy atom. The number of carbonyl (C=O) groups is 1. The van der Waals surface area contributed by atoms with Gasteiger partial charge in [-0.1, -0.05) is 0 Å². The molecule has 4 nitrogen and oxygen atoms in total. The van der Waals surface area contributed by atoms with Crippen LogP contribution in [-0.2, 0) is 11.2 Å². The number of hydrogen-bond acceptors (Lipinski definition) is 3. The zero-order valence-electron chi connectivity index (χ0n) is 8.26. The lowest BCUT2D eigenvalue weighted by atomic mass is 10.0. The van der Waals surface area contributed by atoms with E-state index in [4.69, 9.17) is 5.73 Å². The molecule has 9 heteroatoms. The van der Waals surface area contributed by atoms with Crippen LogP contribution in [0.2, 0.25) is 0 Å². The van der Waals surface area contributed by atoms with Crippen molar-refractivity contribution in [2.45, 2.75) is 24.6 Å².